The zero-order chi connectivity index (χ0) is 20.6. The largest absolute Gasteiger partial charge is 0.488 e. The number of nitrogens with one attached hydrogen (secondary N) is 1. The Morgan fingerprint density at radius 3 is 2.48 bits per heavy atom. The molecule has 144 valence electrons. The molecule has 0 saturated heterocycles. The van der Waals surface area contributed by atoms with Crippen molar-refractivity contribution in [2.24, 2.45) is 0 Å². The summed E-state index contributed by atoms with van der Waals surface area (Å²) in [5.41, 5.74) is 3.56. The minimum atomic E-state index is -0.447. The number of ether oxygens (including phenoxy) is 1. The van der Waals surface area contributed by atoms with Gasteiger partial charge in [-0.1, -0.05) is 54.1 Å². The number of rotatable bonds is 6. The van der Waals surface area contributed by atoms with Crippen molar-refractivity contribution in [2.45, 2.75) is 13.5 Å². The number of amides is 1. The molecule has 5 heteroatoms. The first-order valence-corrected chi connectivity index (χ1v) is 9.80. The maximum Gasteiger partial charge on any atom is 0.266 e. The molecule has 0 spiro atoms. The van der Waals surface area contributed by atoms with E-state index in [1.165, 1.54) is 0 Å². The molecule has 0 fully saturated rings. The highest BCUT2D eigenvalue weighted by Gasteiger charge is 2.10. The number of benzene rings is 3. The fourth-order valence-electron chi connectivity index (χ4n) is 2.61. The highest BCUT2D eigenvalue weighted by molar-refractivity contribution is 9.10. The lowest BCUT2D eigenvalue weighted by molar-refractivity contribution is -0.112. The van der Waals surface area contributed by atoms with Crippen LogP contribution in [0.1, 0.15) is 16.7 Å². The number of carbonyl (C=O) groups is 1. The molecular formula is C24H19BrN2O2. The van der Waals surface area contributed by atoms with E-state index in [4.69, 9.17) is 4.74 Å². The van der Waals surface area contributed by atoms with Gasteiger partial charge in [0, 0.05) is 5.69 Å². The third-order valence-corrected chi connectivity index (χ3v) is 4.80. The van der Waals surface area contributed by atoms with E-state index in [0.29, 0.717) is 18.0 Å². The number of nitriles is 1. The number of anilines is 1. The molecule has 0 radical (unpaired) electrons. The first kappa shape index (κ1) is 20.4. The van der Waals surface area contributed by atoms with Gasteiger partial charge in [0.15, 0.2) is 0 Å². The van der Waals surface area contributed by atoms with Crippen LogP contribution in [0.5, 0.6) is 5.75 Å². The molecule has 0 atom stereocenters. The number of hydrogen-bond donors (Lipinski definition) is 1. The molecule has 3 rings (SSSR count). The van der Waals surface area contributed by atoms with Gasteiger partial charge in [0.05, 0.1) is 4.47 Å². The normalized spacial score (nSPS) is 10.9. The lowest BCUT2D eigenvalue weighted by Crippen LogP contribution is -2.13. The van der Waals surface area contributed by atoms with Crippen LogP contribution in [0.4, 0.5) is 5.69 Å². The van der Waals surface area contributed by atoms with Crippen LogP contribution in [0.25, 0.3) is 6.08 Å². The summed E-state index contributed by atoms with van der Waals surface area (Å²) in [5.74, 6) is 0.241. The summed E-state index contributed by atoms with van der Waals surface area (Å²) in [7, 11) is 0. The van der Waals surface area contributed by atoms with Crippen LogP contribution in [0, 0.1) is 18.3 Å². The lowest BCUT2D eigenvalue weighted by atomic mass is 10.1. The van der Waals surface area contributed by atoms with Crippen molar-refractivity contribution < 1.29 is 9.53 Å². The zero-order valence-corrected chi connectivity index (χ0v) is 17.4. The standard InChI is InChI=1S/C24H19BrN2O2/c1-17-7-10-21(11-8-17)27-24(28)20(15-26)13-19-9-12-23(22(25)14-19)29-16-18-5-3-2-4-6-18/h2-14H,16H2,1H3,(H,27,28)/b20-13+. The lowest BCUT2D eigenvalue weighted by Gasteiger charge is -2.09. The fourth-order valence-corrected chi connectivity index (χ4v) is 3.12. The molecule has 0 heterocycles. The predicted molar refractivity (Wildman–Crippen MR) is 118 cm³/mol. The average molecular weight is 447 g/mol. The van der Waals surface area contributed by atoms with Gasteiger partial charge in [-0.3, -0.25) is 4.79 Å². The molecule has 4 nitrogen and oxygen atoms in total. The van der Waals surface area contributed by atoms with Crippen LogP contribution < -0.4 is 10.1 Å². The van der Waals surface area contributed by atoms with Crippen molar-refractivity contribution in [1.82, 2.24) is 0 Å². The summed E-state index contributed by atoms with van der Waals surface area (Å²) in [6, 6.07) is 24.7. The summed E-state index contributed by atoms with van der Waals surface area (Å²) < 4.78 is 6.58. The molecule has 0 aliphatic carbocycles. The third-order valence-electron chi connectivity index (χ3n) is 4.18. The van der Waals surface area contributed by atoms with Gasteiger partial charge in [0.2, 0.25) is 0 Å². The van der Waals surface area contributed by atoms with Gasteiger partial charge >= 0.3 is 0 Å². The van der Waals surface area contributed by atoms with Crippen molar-refractivity contribution in [1.29, 1.82) is 5.26 Å². The number of carbonyl (C=O) groups excluding carboxylic acids is 1. The quantitative estimate of drug-likeness (QED) is 0.379. The molecule has 0 aromatic heterocycles. The molecule has 0 aliphatic rings. The number of aryl methyl sites for hydroxylation is 1. The highest BCUT2D eigenvalue weighted by atomic mass is 79.9. The van der Waals surface area contributed by atoms with Crippen LogP contribution in [0.2, 0.25) is 0 Å². The van der Waals surface area contributed by atoms with E-state index in [2.05, 4.69) is 21.2 Å². The number of halogens is 1. The summed E-state index contributed by atoms with van der Waals surface area (Å²) in [4.78, 5) is 12.4. The van der Waals surface area contributed by atoms with Crippen molar-refractivity contribution in [3.8, 4) is 11.8 Å². The molecule has 0 aliphatic heterocycles. The van der Waals surface area contributed by atoms with Gasteiger partial charge in [-0.25, -0.2) is 0 Å². The summed E-state index contributed by atoms with van der Waals surface area (Å²) >= 11 is 3.49. The Kier molecular flexibility index (Phi) is 6.83. The van der Waals surface area contributed by atoms with Crippen LogP contribution in [0.3, 0.4) is 0 Å². The molecule has 3 aromatic rings. The van der Waals surface area contributed by atoms with Crippen LogP contribution >= 0.6 is 15.9 Å². The van der Waals surface area contributed by atoms with Gasteiger partial charge in [-0.05, 0) is 64.3 Å². The molecule has 0 unspecified atom stereocenters. The smallest absolute Gasteiger partial charge is 0.266 e. The van der Waals surface area contributed by atoms with E-state index in [-0.39, 0.29) is 5.57 Å². The van der Waals surface area contributed by atoms with Gasteiger partial charge < -0.3 is 10.1 Å². The van der Waals surface area contributed by atoms with E-state index in [1.54, 1.807) is 18.2 Å². The molecule has 29 heavy (non-hydrogen) atoms. The van der Waals surface area contributed by atoms with E-state index >= 15 is 0 Å². The van der Waals surface area contributed by atoms with E-state index in [9.17, 15) is 10.1 Å². The summed E-state index contributed by atoms with van der Waals surface area (Å²) in [5, 5.41) is 12.1. The van der Waals surface area contributed by atoms with E-state index in [1.807, 2.05) is 73.7 Å². The Morgan fingerprint density at radius 1 is 1.10 bits per heavy atom. The number of nitrogens with zero attached hydrogens (tertiary/aromatic N) is 1. The minimum absolute atomic E-state index is 0.0235. The Morgan fingerprint density at radius 2 is 1.83 bits per heavy atom. The van der Waals surface area contributed by atoms with E-state index in [0.717, 1.165) is 21.2 Å². The van der Waals surface area contributed by atoms with Crippen LogP contribution in [0.15, 0.2) is 82.8 Å². The first-order valence-electron chi connectivity index (χ1n) is 9.01. The van der Waals surface area contributed by atoms with Crippen molar-refractivity contribution in [3.05, 3.63) is 99.5 Å². The average Bonchev–Trinajstić information content (AvgIpc) is 2.73. The van der Waals surface area contributed by atoms with Crippen molar-refractivity contribution in [2.75, 3.05) is 5.32 Å². The molecule has 0 saturated carbocycles. The second-order valence-electron chi connectivity index (χ2n) is 6.45. The molecule has 3 aromatic carbocycles. The fraction of sp³-hybridized carbons (Fsp3) is 0.0833. The Balaban J connectivity index is 1.70. The summed E-state index contributed by atoms with van der Waals surface area (Å²) in [6.45, 7) is 2.42. The molecular weight excluding hydrogens is 428 g/mol. The Labute approximate surface area is 178 Å². The minimum Gasteiger partial charge on any atom is -0.488 e. The first-order chi connectivity index (χ1) is 14.0. The van der Waals surface area contributed by atoms with Gasteiger partial charge in [0.1, 0.15) is 24.0 Å². The molecule has 0 bridgehead atoms. The number of hydrogen-bond acceptors (Lipinski definition) is 3. The van der Waals surface area contributed by atoms with Crippen LogP contribution in [-0.2, 0) is 11.4 Å². The monoisotopic (exact) mass is 446 g/mol. The maximum atomic E-state index is 12.4. The summed E-state index contributed by atoms with van der Waals surface area (Å²) in [6.07, 6.45) is 1.55. The molecule has 1 amide bonds. The topological polar surface area (TPSA) is 62.1 Å². The SMILES string of the molecule is Cc1ccc(NC(=O)/C(C#N)=C/c2ccc(OCc3ccccc3)c(Br)c2)cc1. The highest BCUT2D eigenvalue weighted by Crippen LogP contribution is 2.28. The van der Waals surface area contributed by atoms with Crippen molar-refractivity contribution >= 4 is 33.6 Å². The molecule has 1 N–H and O–H groups in total. The van der Waals surface area contributed by atoms with Crippen LogP contribution in [-0.4, -0.2) is 5.91 Å². The van der Waals surface area contributed by atoms with Gasteiger partial charge in [-0.15, -0.1) is 0 Å². The zero-order valence-electron chi connectivity index (χ0n) is 15.9. The predicted octanol–water partition coefficient (Wildman–Crippen LogP) is 5.88. The van der Waals surface area contributed by atoms with Gasteiger partial charge in [0.25, 0.3) is 5.91 Å². The maximum absolute atomic E-state index is 12.4. The second-order valence-corrected chi connectivity index (χ2v) is 7.31. The Bertz CT molecular complexity index is 1070. The van der Waals surface area contributed by atoms with Gasteiger partial charge in [-0.2, -0.15) is 5.26 Å². The Hall–Kier alpha value is -3.36. The third kappa shape index (κ3) is 5.81. The van der Waals surface area contributed by atoms with E-state index < -0.39 is 5.91 Å². The van der Waals surface area contributed by atoms with Crippen molar-refractivity contribution in [3.63, 3.8) is 0 Å². The second kappa shape index (κ2) is 9.72.